The van der Waals surface area contributed by atoms with Crippen LogP contribution in [0.4, 0.5) is 5.69 Å². The molecule has 0 unspecified atom stereocenters. The summed E-state index contributed by atoms with van der Waals surface area (Å²) in [6.45, 7) is 5.93. The normalized spacial score (nSPS) is 19.5. The molecule has 0 aromatic heterocycles. The van der Waals surface area contributed by atoms with E-state index in [4.69, 9.17) is 0 Å². The molecule has 5 heteroatoms. The fraction of sp³-hybridized carbons (Fsp3) is 0.318. The summed E-state index contributed by atoms with van der Waals surface area (Å²) < 4.78 is 0. The Morgan fingerprint density at radius 2 is 1.78 bits per heavy atom. The first-order valence-electron chi connectivity index (χ1n) is 9.19. The number of piperidine rings is 1. The molecule has 1 atom stereocenters. The van der Waals surface area contributed by atoms with Crippen molar-refractivity contribution in [2.75, 3.05) is 5.32 Å². The molecule has 27 heavy (non-hydrogen) atoms. The third-order valence-electron chi connectivity index (χ3n) is 5.53. The minimum Gasteiger partial charge on any atom is -0.322 e. The van der Waals surface area contributed by atoms with Gasteiger partial charge in [-0.25, -0.2) is 0 Å². The number of rotatable bonds is 4. The third-order valence-corrected chi connectivity index (χ3v) is 5.53. The Bertz CT molecular complexity index is 902. The monoisotopic (exact) mass is 364 g/mol. The predicted octanol–water partition coefficient (Wildman–Crippen LogP) is 3.64. The topological polar surface area (TPSA) is 75.3 Å². The van der Waals surface area contributed by atoms with Crippen molar-refractivity contribution in [2.45, 2.75) is 45.4 Å². The van der Waals surface area contributed by atoms with Gasteiger partial charge in [-0.05, 0) is 67.6 Å². The molecule has 2 N–H and O–H groups in total. The lowest BCUT2D eigenvalue weighted by Gasteiger charge is -2.35. The molecule has 1 saturated heterocycles. The molecule has 0 spiro atoms. The van der Waals surface area contributed by atoms with Gasteiger partial charge in [0.15, 0.2) is 0 Å². The molecule has 2 aromatic rings. The van der Waals surface area contributed by atoms with Gasteiger partial charge in [-0.1, -0.05) is 25.1 Å². The molecule has 1 aliphatic heterocycles. The fourth-order valence-electron chi connectivity index (χ4n) is 3.52. The van der Waals surface area contributed by atoms with Crippen LogP contribution in [0.2, 0.25) is 0 Å². The Kier molecular flexibility index (Phi) is 5.13. The van der Waals surface area contributed by atoms with Crippen molar-refractivity contribution in [1.29, 1.82) is 0 Å². The number of carbonyl (C=O) groups excluding carboxylic acids is 3. The second kappa shape index (κ2) is 7.35. The lowest BCUT2D eigenvalue weighted by Crippen LogP contribution is -2.51. The number of nitrogens with one attached hydrogen (secondary N) is 2. The van der Waals surface area contributed by atoms with E-state index in [1.807, 2.05) is 51.1 Å². The van der Waals surface area contributed by atoms with Gasteiger partial charge in [-0.3, -0.25) is 19.7 Å². The van der Waals surface area contributed by atoms with Crippen LogP contribution >= 0.6 is 0 Å². The van der Waals surface area contributed by atoms with Crippen LogP contribution in [0, 0.1) is 13.8 Å². The number of hydrogen-bond acceptors (Lipinski definition) is 3. The zero-order chi connectivity index (χ0) is 19.6. The summed E-state index contributed by atoms with van der Waals surface area (Å²) in [7, 11) is 0. The zero-order valence-corrected chi connectivity index (χ0v) is 15.9. The smallest absolute Gasteiger partial charge is 0.255 e. The number of amides is 3. The van der Waals surface area contributed by atoms with Crippen LogP contribution < -0.4 is 10.6 Å². The van der Waals surface area contributed by atoms with Gasteiger partial charge < -0.3 is 5.32 Å². The summed E-state index contributed by atoms with van der Waals surface area (Å²) >= 11 is 0. The lowest BCUT2D eigenvalue weighted by molar-refractivity contribution is -0.138. The molecule has 3 amide bonds. The van der Waals surface area contributed by atoms with Gasteiger partial charge in [0.2, 0.25) is 11.8 Å². The van der Waals surface area contributed by atoms with E-state index in [0.717, 1.165) is 16.7 Å². The SMILES string of the molecule is CC[C@@]1(c2ccc(NC(=O)c3ccc(C)c(C)c3)cc2)CCC(=O)NC1=O. The van der Waals surface area contributed by atoms with Crippen LogP contribution in [0.15, 0.2) is 42.5 Å². The average molecular weight is 364 g/mol. The van der Waals surface area contributed by atoms with Crippen LogP contribution in [-0.4, -0.2) is 17.7 Å². The molecule has 140 valence electrons. The highest BCUT2D eigenvalue weighted by atomic mass is 16.2. The Morgan fingerprint density at radius 3 is 2.37 bits per heavy atom. The molecule has 1 fully saturated rings. The van der Waals surface area contributed by atoms with Crippen molar-refractivity contribution < 1.29 is 14.4 Å². The van der Waals surface area contributed by atoms with E-state index < -0.39 is 5.41 Å². The van der Waals surface area contributed by atoms with Gasteiger partial charge in [0, 0.05) is 17.7 Å². The molecule has 1 aliphatic rings. The molecule has 0 aliphatic carbocycles. The van der Waals surface area contributed by atoms with Gasteiger partial charge in [0.05, 0.1) is 5.41 Å². The van der Waals surface area contributed by atoms with E-state index in [9.17, 15) is 14.4 Å². The number of carbonyl (C=O) groups is 3. The first-order valence-corrected chi connectivity index (χ1v) is 9.19. The number of aryl methyl sites for hydroxylation is 2. The molecule has 0 radical (unpaired) electrons. The quantitative estimate of drug-likeness (QED) is 0.814. The first kappa shape index (κ1) is 18.8. The van der Waals surface area contributed by atoms with Crippen LogP contribution in [0.1, 0.15) is 53.2 Å². The predicted molar refractivity (Wildman–Crippen MR) is 105 cm³/mol. The Balaban J connectivity index is 1.78. The standard InChI is InChI=1S/C22H24N2O3/c1-4-22(12-11-19(25)24-21(22)27)17-7-9-18(10-8-17)23-20(26)16-6-5-14(2)15(3)13-16/h5-10,13H,4,11-12H2,1-3H3,(H,23,26)(H,24,25,27)/t22-/m0/s1. The number of benzene rings is 2. The maximum absolute atomic E-state index is 12.5. The van der Waals surface area contributed by atoms with Crippen molar-refractivity contribution >= 4 is 23.4 Å². The van der Waals surface area contributed by atoms with E-state index in [2.05, 4.69) is 10.6 Å². The van der Waals surface area contributed by atoms with Crippen molar-refractivity contribution in [1.82, 2.24) is 5.32 Å². The summed E-state index contributed by atoms with van der Waals surface area (Å²) in [5, 5.41) is 5.34. The van der Waals surface area contributed by atoms with Gasteiger partial charge in [-0.15, -0.1) is 0 Å². The Hall–Kier alpha value is -2.95. The average Bonchev–Trinajstić information content (AvgIpc) is 2.65. The van der Waals surface area contributed by atoms with Crippen molar-refractivity contribution in [2.24, 2.45) is 0 Å². The van der Waals surface area contributed by atoms with E-state index in [1.165, 1.54) is 0 Å². The van der Waals surface area contributed by atoms with Gasteiger partial charge in [0.1, 0.15) is 0 Å². The number of hydrogen-bond donors (Lipinski definition) is 2. The van der Waals surface area contributed by atoms with E-state index in [0.29, 0.717) is 30.5 Å². The minimum absolute atomic E-state index is 0.169. The zero-order valence-electron chi connectivity index (χ0n) is 15.9. The van der Waals surface area contributed by atoms with Crippen molar-refractivity contribution in [3.8, 4) is 0 Å². The first-order chi connectivity index (χ1) is 12.9. The third kappa shape index (κ3) is 3.63. The van der Waals surface area contributed by atoms with Gasteiger partial charge in [0.25, 0.3) is 5.91 Å². The molecule has 0 saturated carbocycles. The maximum atomic E-state index is 12.5. The molecule has 1 heterocycles. The minimum atomic E-state index is -0.690. The highest BCUT2D eigenvalue weighted by Crippen LogP contribution is 2.36. The maximum Gasteiger partial charge on any atom is 0.255 e. The number of anilines is 1. The highest BCUT2D eigenvalue weighted by Gasteiger charge is 2.42. The molecule has 5 nitrogen and oxygen atoms in total. The van der Waals surface area contributed by atoms with Crippen LogP contribution in [-0.2, 0) is 15.0 Å². The summed E-state index contributed by atoms with van der Waals surface area (Å²) in [5.41, 5.74) is 3.66. The number of imide groups is 1. The lowest BCUT2D eigenvalue weighted by atomic mass is 9.72. The summed E-state index contributed by atoms with van der Waals surface area (Å²) in [4.78, 5) is 36.4. The summed E-state index contributed by atoms with van der Waals surface area (Å²) in [5.74, 6) is -0.633. The Labute approximate surface area is 159 Å². The second-order valence-corrected chi connectivity index (χ2v) is 7.14. The molecular weight excluding hydrogens is 340 g/mol. The van der Waals surface area contributed by atoms with E-state index >= 15 is 0 Å². The van der Waals surface area contributed by atoms with Crippen LogP contribution in [0.3, 0.4) is 0 Å². The van der Waals surface area contributed by atoms with E-state index in [1.54, 1.807) is 12.1 Å². The van der Waals surface area contributed by atoms with Crippen LogP contribution in [0.25, 0.3) is 0 Å². The van der Waals surface area contributed by atoms with Gasteiger partial charge in [-0.2, -0.15) is 0 Å². The fourth-order valence-corrected chi connectivity index (χ4v) is 3.52. The molecule has 3 rings (SSSR count). The Morgan fingerprint density at radius 1 is 1.07 bits per heavy atom. The summed E-state index contributed by atoms with van der Waals surface area (Å²) in [6.07, 6.45) is 1.45. The van der Waals surface area contributed by atoms with Crippen molar-refractivity contribution in [3.05, 3.63) is 64.7 Å². The van der Waals surface area contributed by atoms with Crippen LogP contribution in [0.5, 0.6) is 0 Å². The largest absolute Gasteiger partial charge is 0.322 e. The second-order valence-electron chi connectivity index (χ2n) is 7.14. The summed E-state index contributed by atoms with van der Waals surface area (Å²) in [6, 6.07) is 12.9. The molecular formula is C22H24N2O3. The van der Waals surface area contributed by atoms with E-state index in [-0.39, 0.29) is 17.7 Å². The van der Waals surface area contributed by atoms with Crippen molar-refractivity contribution in [3.63, 3.8) is 0 Å². The molecule has 2 aromatic carbocycles. The molecule has 0 bridgehead atoms. The highest BCUT2D eigenvalue weighted by molar-refractivity contribution is 6.05. The van der Waals surface area contributed by atoms with Gasteiger partial charge >= 0.3 is 0 Å².